The second-order valence-corrected chi connectivity index (χ2v) is 10.7. The van der Waals surface area contributed by atoms with Crippen molar-refractivity contribution in [1.29, 1.82) is 0 Å². The van der Waals surface area contributed by atoms with Crippen molar-refractivity contribution in [3.05, 3.63) is 77.4 Å². The third kappa shape index (κ3) is 5.77. The molecule has 0 atom stereocenters. The quantitative estimate of drug-likeness (QED) is 0.249. The number of rotatable bonds is 7. The number of nitrogens with zero attached hydrogens (tertiary/aromatic N) is 4. The lowest BCUT2D eigenvalue weighted by Gasteiger charge is -2.32. The molecule has 0 spiro atoms. The molecule has 1 saturated heterocycles. The van der Waals surface area contributed by atoms with Gasteiger partial charge in [-0.3, -0.25) is 9.69 Å². The van der Waals surface area contributed by atoms with E-state index in [-0.39, 0.29) is 18.6 Å². The van der Waals surface area contributed by atoms with Gasteiger partial charge in [0.25, 0.3) is 0 Å². The van der Waals surface area contributed by atoms with Crippen LogP contribution < -0.4 is 14.4 Å². The first kappa shape index (κ1) is 28.3. The van der Waals surface area contributed by atoms with E-state index in [1.807, 2.05) is 36.4 Å². The second kappa shape index (κ2) is 11.8. The zero-order chi connectivity index (χ0) is 30.1. The Morgan fingerprint density at radius 2 is 1.70 bits per heavy atom. The Hall–Kier alpha value is -4.87. The Balaban J connectivity index is 1.35. The van der Waals surface area contributed by atoms with Crippen LogP contribution in [0.5, 0.6) is 17.4 Å². The van der Waals surface area contributed by atoms with Gasteiger partial charge in [-0.15, -0.1) is 0 Å². The van der Waals surface area contributed by atoms with Gasteiger partial charge in [-0.1, -0.05) is 0 Å². The monoisotopic (exact) mass is 583 g/mol. The van der Waals surface area contributed by atoms with Crippen molar-refractivity contribution in [2.45, 2.75) is 0 Å². The number of aromatic nitrogens is 1. The maximum Gasteiger partial charge on any atom is 0.337 e. The highest BCUT2D eigenvalue weighted by Gasteiger charge is 2.23. The Bertz CT molecular complexity index is 1710. The van der Waals surface area contributed by atoms with Crippen LogP contribution in [0.15, 0.2) is 65.7 Å². The van der Waals surface area contributed by atoms with E-state index in [1.54, 1.807) is 36.2 Å². The van der Waals surface area contributed by atoms with Crippen molar-refractivity contribution in [1.82, 2.24) is 14.8 Å². The number of amides is 1. The maximum atomic E-state index is 13.0. The van der Waals surface area contributed by atoms with Crippen LogP contribution in [0.2, 0.25) is 0 Å². The average Bonchev–Trinajstić information content (AvgIpc) is 3.63. The van der Waals surface area contributed by atoms with E-state index in [1.165, 1.54) is 7.11 Å². The van der Waals surface area contributed by atoms with Crippen LogP contribution in [0, 0.1) is 0 Å². The SMILES string of the molecule is COC(=O)c1ccc2[nH]c(O)c(C(=Nc3ccc(N(C)C(=O)CN4CCN(C)CC4)cc3)c3ccc4c(c3)OCO4)c2c1. The molecule has 6 rings (SSSR count). The van der Waals surface area contributed by atoms with Crippen molar-refractivity contribution >= 4 is 39.9 Å². The van der Waals surface area contributed by atoms with Crippen molar-refractivity contribution in [2.75, 3.05) is 65.6 Å². The molecule has 4 aromatic rings. The third-order valence-electron chi connectivity index (χ3n) is 7.89. The number of benzene rings is 3. The van der Waals surface area contributed by atoms with Gasteiger partial charge in [-0.05, 0) is 67.7 Å². The summed E-state index contributed by atoms with van der Waals surface area (Å²) in [6.07, 6.45) is 0. The van der Waals surface area contributed by atoms with Gasteiger partial charge < -0.3 is 34.1 Å². The summed E-state index contributed by atoms with van der Waals surface area (Å²) in [4.78, 5) is 39.3. The van der Waals surface area contributed by atoms with Gasteiger partial charge in [0.2, 0.25) is 12.7 Å². The lowest BCUT2D eigenvalue weighted by molar-refractivity contribution is -0.119. The molecule has 1 aromatic heterocycles. The molecule has 0 bridgehead atoms. The zero-order valence-electron chi connectivity index (χ0n) is 24.3. The number of carbonyl (C=O) groups is 2. The number of aliphatic imine (C=N–C) groups is 1. The molecular weight excluding hydrogens is 550 g/mol. The third-order valence-corrected chi connectivity index (χ3v) is 7.89. The second-order valence-electron chi connectivity index (χ2n) is 10.7. The Morgan fingerprint density at radius 3 is 2.44 bits per heavy atom. The zero-order valence-corrected chi connectivity index (χ0v) is 24.3. The number of ether oxygens (including phenoxy) is 3. The van der Waals surface area contributed by atoms with Crippen LogP contribution in [0.25, 0.3) is 10.9 Å². The molecule has 2 N–H and O–H groups in total. The number of hydrogen-bond donors (Lipinski definition) is 2. The predicted octanol–water partition coefficient (Wildman–Crippen LogP) is 3.77. The number of piperazine rings is 1. The van der Waals surface area contributed by atoms with E-state index in [2.05, 4.69) is 21.8 Å². The molecule has 0 aliphatic carbocycles. The summed E-state index contributed by atoms with van der Waals surface area (Å²) < 4.78 is 16.0. The number of likely N-dealkylation sites (N-methyl/N-ethyl adjacent to an activating group) is 2. The number of hydrogen-bond acceptors (Lipinski definition) is 9. The Kier molecular flexibility index (Phi) is 7.75. The number of aromatic hydroxyl groups is 1. The summed E-state index contributed by atoms with van der Waals surface area (Å²) in [6.45, 7) is 4.12. The standard InChI is InChI=1S/C32H33N5O6/c1-35-12-14-37(15-13-35)18-28(38)36(2)23-8-6-22(7-9-23)33-30(20-5-11-26-27(17-20)43-19-42-26)29-24-16-21(32(40)41-3)4-10-25(24)34-31(29)39/h4-11,16-17,34,39H,12-15,18-19H2,1-3H3. The molecule has 0 radical (unpaired) electrons. The van der Waals surface area contributed by atoms with Crippen LogP contribution >= 0.6 is 0 Å². The molecule has 11 heteroatoms. The van der Waals surface area contributed by atoms with Crippen LogP contribution in [-0.4, -0.2) is 98.2 Å². The fourth-order valence-corrected chi connectivity index (χ4v) is 5.30. The number of nitrogens with one attached hydrogen (secondary N) is 1. The Morgan fingerprint density at radius 1 is 0.977 bits per heavy atom. The lowest BCUT2D eigenvalue weighted by atomic mass is 9.99. The Labute approximate surface area is 248 Å². The van der Waals surface area contributed by atoms with E-state index in [0.29, 0.717) is 57.0 Å². The van der Waals surface area contributed by atoms with Crippen molar-refractivity contribution in [3.63, 3.8) is 0 Å². The number of carbonyl (C=O) groups excluding carboxylic acids is 2. The van der Waals surface area contributed by atoms with Gasteiger partial charge in [0.05, 0.1) is 36.2 Å². The van der Waals surface area contributed by atoms with Gasteiger partial charge in [-0.2, -0.15) is 0 Å². The molecule has 0 unspecified atom stereocenters. The highest BCUT2D eigenvalue weighted by Crippen LogP contribution is 2.37. The highest BCUT2D eigenvalue weighted by atomic mass is 16.7. The average molecular weight is 584 g/mol. The van der Waals surface area contributed by atoms with E-state index in [0.717, 1.165) is 31.9 Å². The first-order valence-corrected chi connectivity index (χ1v) is 14.0. The molecule has 0 saturated carbocycles. The normalized spacial score (nSPS) is 15.6. The molecule has 222 valence electrons. The number of fused-ring (bicyclic) bond motifs is 2. The van der Waals surface area contributed by atoms with Crippen molar-refractivity contribution < 1.29 is 28.9 Å². The van der Waals surface area contributed by atoms with Crippen molar-refractivity contribution in [2.24, 2.45) is 4.99 Å². The van der Waals surface area contributed by atoms with Gasteiger partial charge >= 0.3 is 5.97 Å². The number of H-pyrrole nitrogens is 1. The maximum absolute atomic E-state index is 13.0. The van der Waals surface area contributed by atoms with E-state index in [9.17, 15) is 14.7 Å². The van der Waals surface area contributed by atoms with Gasteiger partial charge in [0.1, 0.15) is 0 Å². The molecule has 2 aliphatic rings. The molecule has 3 heterocycles. The highest BCUT2D eigenvalue weighted by molar-refractivity contribution is 6.22. The van der Waals surface area contributed by atoms with E-state index < -0.39 is 5.97 Å². The molecular formula is C32H33N5O6. The molecule has 11 nitrogen and oxygen atoms in total. The summed E-state index contributed by atoms with van der Waals surface area (Å²) in [5.41, 5.74) is 3.87. The predicted molar refractivity (Wildman–Crippen MR) is 163 cm³/mol. The summed E-state index contributed by atoms with van der Waals surface area (Å²) in [5.74, 6) is 0.617. The molecule has 3 aromatic carbocycles. The fourth-order valence-electron chi connectivity index (χ4n) is 5.30. The summed E-state index contributed by atoms with van der Waals surface area (Å²) in [6, 6.07) is 17.8. The van der Waals surface area contributed by atoms with E-state index in [4.69, 9.17) is 19.2 Å². The van der Waals surface area contributed by atoms with Gasteiger partial charge in [0, 0.05) is 55.4 Å². The van der Waals surface area contributed by atoms with Crippen LogP contribution in [0.3, 0.4) is 0 Å². The topological polar surface area (TPSA) is 120 Å². The number of methoxy groups -OCH3 is 1. The molecule has 1 fully saturated rings. The minimum Gasteiger partial charge on any atom is -0.494 e. The molecule has 43 heavy (non-hydrogen) atoms. The summed E-state index contributed by atoms with van der Waals surface area (Å²) >= 11 is 0. The van der Waals surface area contributed by atoms with Crippen LogP contribution in [0.4, 0.5) is 11.4 Å². The van der Waals surface area contributed by atoms with Gasteiger partial charge in [0.15, 0.2) is 17.4 Å². The van der Waals surface area contributed by atoms with E-state index >= 15 is 0 Å². The van der Waals surface area contributed by atoms with Crippen LogP contribution in [0.1, 0.15) is 21.5 Å². The first-order chi connectivity index (χ1) is 20.8. The minimum atomic E-state index is -0.489. The minimum absolute atomic E-state index is 0.0204. The smallest absolute Gasteiger partial charge is 0.337 e. The largest absolute Gasteiger partial charge is 0.494 e. The number of aromatic amines is 1. The molecule has 1 amide bonds. The number of anilines is 1. The van der Waals surface area contributed by atoms with Crippen molar-refractivity contribution in [3.8, 4) is 17.4 Å². The fraction of sp³-hybridized carbons (Fsp3) is 0.281. The first-order valence-electron chi connectivity index (χ1n) is 14.0. The number of esters is 1. The molecule has 2 aliphatic heterocycles. The van der Waals surface area contributed by atoms with Gasteiger partial charge in [-0.25, -0.2) is 9.79 Å². The summed E-state index contributed by atoms with van der Waals surface area (Å²) in [7, 11) is 5.19. The van der Waals surface area contributed by atoms with Crippen LogP contribution in [-0.2, 0) is 9.53 Å². The summed E-state index contributed by atoms with van der Waals surface area (Å²) in [5, 5.41) is 11.7. The lowest BCUT2D eigenvalue weighted by Crippen LogP contribution is -2.48.